The molecule has 0 spiro atoms. The SMILES string of the molecule is C/C(=C\c1ccc(C#N)cc1)C(=O)Nc1ccc(C(=O)N[C@@H](CC(N)=O)C(=O)Nc2ccc(C(=O)Nc3ccc(C(=O)Nc4ccc(C(=O)O)cc4)c(O)c3OC(C)C)cc2)cc1. The number of nitrogens with one attached hydrogen (secondary N) is 5. The van der Waals surface area contributed by atoms with E-state index in [9.17, 15) is 38.7 Å². The largest absolute Gasteiger partial charge is 0.504 e. The number of primary amides is 1. The maximum atomic E-state index is 13.3. The van der Waals surface area contributed by atoms with Crippen molar-refractivity contribution in [1.29, 1.82) is 5.26 Å². The fourth-order valence-electron chi connectivity index (χ4n) is 5.79. The zero-order valence-corrected chi connectivity index (χ0v) is 34.0. The molecule has 0 unspecified atom stereocenters. The molecule has 0 aliphatic carbocycles. The highest BCUT2D eigenvalue weighted by Gasteiger charge is 2.25. The maximum absolute atomic E-state index is 13.3. The molecule has 0 saturated heterocycles. The van der Waals surface area contributed by atoms with Crippen molar-refractivity contribution < 1.29 is 48.5 Å². The molecule has 5 aromatic rings. The molecule has 0 fully saturated rings. The molecule has 0 radical (unpaired) electrons. The lowest BCUT2D eigenvalue weighted by molar-refractivity contribution is -0.123. The summed E-state index contributed by atoms with van der Waals surface area (Å²) in [6, 6.07) is 26.8. The minimum atomic E-state index is -1.39. The van der Waals surface area contributed by atoms with Crippen molar-refractivity contribution in [2.75, 3.05) is 21.3 Å². The first-order chi connectivity index (χ1) is 30.0. The number of hydrogen-bond acceptors (Lipinski definition) is 10. The number of carboxylic acids is 1. The Bertz CT molecular complexity index is 2640. The summed E-state index contributed by atoms with van der Waals surface area (Å²) in [4.78, 5) is 88.6. The minimum absolute atomic E-state index is 0.0197. The zero-order chi connectivity index (χ0) is 45.8. The Kier molecular flexibility index (Phi) is 14.7. The van der Waals surface area contributed by atoms with Gasteiger partial charge in [0.2, 0.25) is 11.8 Å². The van der Waals surface area contributed by atoms with Gasteiger partial charge in [0, 0.05) is 33.8 Å². The van der Waals surface area contributed by atoms with Crippen LogP contribution < -0.4 is 37.1 Å². The number of carbonyl (C=O) groups is 7. The molecule has 0 aliphatic rings. The molecule has 320 valence electrons. The van der Waals surface area contributed by atoms with Gasteiger partial charge in [-0.3, -0.25) is 28.8 Å². The van der Waals surface area contributed by atoms with Gasteiger partial charge in [-0.15, -0.1) is 0 Å². The lowest BCUT2D eigenvalue weighted by Crippen LogP contribution is -2.46. The van der Waals surface area contributed by atoms with Crippen molar-refractivity contribution in [2.24, 2.45) is 5.73 Å². The quantitative estimate of drug-likeness (QED) is 0.0541. The Labute approximate surface area is 360 Å². The van der Waals surface area contributed by atoms with Gasteiger partial charge in [0.1, 0.15) is 6.04 Å². The van der Waals surface area contributed by atoms with Crippen molar-refractivity contribution in [2.45, 2.75) is 39.3 Å². The number of benzene rings is 5. The minimum Gasteiger partial charge on any atom is -0.504 e. The average Bonchev–Trinajstić information content (AvgIpc) is 3.25. The van der Waals surface area contributed by atoms with Gasteiger partial charge in [0.15, 0.2) is 11.5 Å². The van der Waals surface area contributed by atoms with Crippen LogP contribution >= 0.6 is 0 Å². The van der Waals surface area contributed by atoms with Crippen molar-refractivity contribution in [3.63, 3.8) is 0 Å². The second-order valence-electron chi connectivity index (χ2n) is 14.2. The highest BCUT2D eigenvalue weighted by atomic mass is 16.5. The number of carbonyl (C=O) groups excluding carboxylic acids is 6. The van der Waals surface area contributed by atoms with Gasteiger partial charge in [-0.05, 0) is 129 Å². The molecule has 0 heterocycles. The molecule has 5 aromatic carbocycles. The third-order valence-corrected chi connectivity index (χ3v) is 9.00. The highest BCUT2D eigenvalue weighted by Crippen LogP contribution is 2.39. The summed E-state index contributed by atoms with van der Waals surface area (Å²) in [6.45, 7) is 4.98. The van der Waals surface area contributed by atoms with E-state index in [1.807, 2.05) is 6.07 Å². The van der Waals surface area contributed by atoms with E-state index in [2.05, 4.69) is 26.6 Å². The third kappa shape index (κ3) is 12.4. The summed E-state index contributed by atoms with van der Waals surface area (Å²) in [6.07, 6.45) is 0.633. The second-order valence-corrected chi connectivity index (χ2v) is 14.2. The zero-order valence-electron chi connectivity index (χ0n) is 34.0. The van der Waals surface area contributed by atoms with E-state index < -0.39 is 65.7 Å². The molecular formula is C46H41N7O10. The molecule has 6 amide bonds. The van der Waals surface area contributed by atoms with Crippen LogP contribution in [0.5, 0.6) is 11.5 Å². The first-order valence-corrected chi connectivity index (χ1v) is 19.1. The molecule has 17 nitrogen and oxygen atoms in total. The van der Waals surface area contributed by atoms with Crippen molar-refractivity contribution in [3.05, 3.63) is 148 Å². The Morgan fingerprint density at radius 2 is 1.24 bits per heavy atom. The number of phenols is 1. The second kappa shape index (κ2) is 20.5. The molecular weight excluding hydrogens is 811 g/mol. The van der Waals surface area contributed by atoms with E-state index in [0.717, 1.165) is 5.56 Å². The van der Waals surface area contributed by atoms with E-state index in [-0.39, 0.29) is 45.1 Å². The van der Waals surface area contributed by atoms with E-state index in [1.54, 1.807) is 51.1 Å². The summed E-state index contributed by atoms with van der Waals surface area (Å²) >= 11 is 0. The lowest BCUT2D eigenvalue weighted by atomic mass is 10.1. The van der Waals surface area contributed by atoms with E-state index in [0.29, 0.717) is 16.8 Å². The molecule has 0 aromatic heterocycles. The highest BCUT2D eigenvalue weighted by molar-refractivity contribution is 6.10. The number of carboxylic acid groups (broad SMARTS) is 1. The molecule has 1 atom stereocenters. The number of aromatic hydroxyl groups is 1. The van der Waals surface area contributed by atoms with Gasteiger partial charge >= 0.3 is 5.97 Å². The Hall–Kier alpha value is -8.78. The first kappa shape index (κ1) is 45.3. The lowest BCUT2D eigenvalue weighted by Gasteiger charge is -2.19. The number of nitriles is 1. The van der Waals surface area contributed by atoms with Gasteiger partial charge in [-0.2, -0.15) is 5.26 Å². The van der Waals surface area contributed by atoms with Crippen LogP contribution in [0.15, 0.2) is 115 Å². The molecule has 0 bridgehead atoms. The first-order valence-electron chi connectivity index (χ1n) is 19.1. The molecule has 0 aliphatic heterocycles. The molecule has 17 heteroatoms. The van der Waals surface area contributed by atoms with Gasteiger partial charge in [-0.25, -0.2) is 4.79 Å². The van der Waals surface area contributed by atoms with E-state index in [4.69, 9.17) is 20.8 Å². The topological polar surface area (TPSA) is 279 Å². The van der Waals surface area contributed by atoms with Crippen LogP contribution in [-0.2, 0) is 14.4 Å². The average molecular weight is 852 g/mol. The molecule has 9 N–H and O–H groups in total. The van der Waals surface area contributed by atoms with Crippen molar-refractivity contribution in [1.82, 2.24) is 5.32 Å². The van der Waals surface area contributed by atoms with Crippen LogP contribution in [-0.4, -0.2) is 63.8 Å². The monoisotopic (exact) mass is 851 g/mol. The van der Waals surface area contributed by atoms with Crippen LogP contribution in [0.1, 0.15) is 79.8 Å². The van der Waals surface area contributed by atoms with Crippen LogP contribution in [0.25, 0.3) is 6.08 Å². The van der Waals surface area contributed by atoms with Gasteiger partial charge in [0.25, 0.3) is 23.6 Å². The number of rotatable bonds is 16. The summed E-state index contributed by atoms with van der Waals surface area (Å²) < 4.78 is 5.77. The number of ether oxygens (including phenoxy) is 1. The summed E-state index contributed by atoms with van der Waals surface area (Å²) in [7, 11) is 0. The third-order valence-electron chi connectivity index (χ3n) is 9.00. The van der Waals surface area contributed by atoms with Crippen LogP contribution in [0.3, 0.4) is 0 Å². The number of amides is 6. The summed E-state index contributed by atoms with van der Waals surface area (Å²) in [5.74, 6) is -5.98. The van der Waals surface area contributed by atoms with E-state index in [1.165, 1.54) is 84.9 Å². The van der Waals surface area contributed by atoms with Crippen LogP contribution in [0, 0.1) is 11.3 Å². The van der Waals surface area contributed by atoms with Crippen molar-refractivity contribution >= 4 is 70.2 Å². The standard InChI is InChI=1S/C46H41N7O10/c1-25(2)63-40-36(21-20-35(39(40)55)44(59)50-33-18-12-31(13-19-33)46(61)62)52-42(57)29-10-16-34(17-11-29)51-45(60)37(23-38(48)54)53-43(58)30-8-14-32(15-9-30)49-41(56)26(3)22-27-4-6-28(24-47)7-5-27/h4-22,25,37,55H,23H2,1-3H3,(H2,48,54)(H,49,56)(H,50,59)(H,51,60)(H,52,57)(H,53,58)(H,61,62)/b26-22+/t37-/m0/s1. The van der Waals surface area contributed by atoms with E-state index >= 15 is 0 Å². The fraction of sp³-hybridized carbons (Fsp3) is 0.130. The van der Waals surface area contributed by atoms with Gasteiger partial charge < -0.3 is 47.3 Å². The number of phenolic OH excluding ortho intramolecular Hbond substituents is 1. The predicted octanol–water partition coefficient (Wildman–Crippen LogP) is 5.91. The Morgan fingerprint density at radius 1 is 0.698 bits per heavy atom. The van der Waals surface area contributed by atoms with Crippen LogP contribution in [0.4, 0.5) is 22.7 Å². The number of nitrogens with zero attached hydrogens (tertiary/aromatic N) is 1. The Balaban J connectivity index is 1.20. The predicted molar refractivity (Wildman–Crippen MR) is 233 cm³/mol. The van der Waals surface area contributed by atoms with Crippen molar-refractivity contribution in [3.8, 4) is 17.6 Å². The molecule has 0 saturated carbocycles. The summed E-state index contributed by atoms with van der Waals surface area (Å²) in [5.41, 5.74) is 7.98. The Morgan fingerprint density at radius 3 is 1.78 bits per heavy atom. The van der Waals surface area contributed by atoms with Crippen LogP contribution in [0.2, 0.25) is 0 Å². The number of anilines is 4. The smallest absolute Gasteiger partial charge is 0.335 e. The number of nitrogens with two attached hydrogens (primary N) is 1. The molecule has 63 heavy (non-hydrogen) atoms. The fourth-order valence-corrected chi connectivity index (χ4v) is 5.79. The van der Waals surface area contributed by atoms with Gasteiger partial charge in [0.05, 0.1) is 41.0 Å². The number of hydrogen-bond donors (Lipinski definition) is 8. The maximum Gasteiger partial charge on any atom is 0.335 e. The molecule has 5 rings (SSSR count). The number of aromatic carboxylic acids is 1. The van der Waals surface area contributed by atoms with Gasteiger partial charge in [-0.1, -0.05) is 12.1 Å². The normalized spacial score (nSPS) is 11.3. The summed E-state index contributed by atoms with van der Waals surface area (Å²) in [5, 5.41) is 42.2.